The molecule has 1 atom stereocenters. The molecule has 0 saturated heterocycles. The van der Waals surface area contributed by atoms with Crippen molar-refractivity contribution in [2.45, 2.75) is 38.0 Å². The molecule has 0 bridgehead atoms. The minimum Gasteiger partial charge on any atom is -0.497 e. The highest BCUT2D eigenvalue weighted by Crippen LogP contribution is 2.35. The number of rotatable bonds is 4. The average Bonchev–Trinajstić information content (AvgIpc) is 2.41. The molecule has 0 N–H and O–H groups in total. The normalized spacial score (nSPS) is 18.6. The number of carbonyl (C=O) groups is 1. The van der Waals surface area contributed by atoms with Crippen molar-refractivity contribution in [1.29, 1.82) is 0 Å². The summed E-state index contributed by atoms with van der Waals surface area (Å²) in [5.74, 6) is 1.41. The van der Waals surface area contributed by atoms with Gasteiger partial charge in [-0.3, -0.25) is 0 Å². The zero-order valence-electron chi connectivity index (χ0n) is 10.4. The SMILES string of the molecule is COc1cccc(C(C=O)C2CCCCC2)c1. The van der Waals surface area contributed by atoms with Crippen LogP contribution in [0.3, 0.4) is 0 Å². The summed E-state index contributed by atoms with van der Waals surface area (Å²) in [6, 6.07) is 7.92. The van der Waals surface area contributed by atoms with E-state index in [0.29, 0.717) is 5.92 Å². The van der Waals surface area contributed by atoms with Gasteiger partial charge in [0.05, 0.1) is 7.11 Å². The topological polar surface area (TPSA) is 26.3 Å². The van der Waals surface area contributed by atoms with Gasteiger partial charge in [-0.05, 0) is 36.5 Å². The van der Waals surface area contributed by atoms with Crippen LogP contribution in [0.2, 0.25) is 0 Å². The predicted molar refractivity (Wildman–Crippen MR) is 68.4 cm³/mol. The standard InChI is InChI=1S/C15H20O2/c1-17-14-9-5-8-13(10-14)15(11-16)12-6-3-2-4-7-12/h5,8-12,15H,2-4,6-7H2,1H3. The summed E-state index contributed by atoms with van der Waals surface area (Å²) >= 11 is 0. The molecule has 1 aromatic carbocycles. The summed E-state index contributed by atoms with van der Waals surface area (Å²) in [7, 11) is 1.66. The van der Waals surface area contributed by atoms with E-state index in [-0.39, 0.29) is 5.92 Å². The molecule has 1 saturated carbocycles. The molecule has 2 nitrogen and oxygen atoms in total. The number of ether oxygens (including phenoxy) is 1. The Morgan fingerprint density at radius 2 is 2.06 bits per heavy atom. The minimum atomic E-state index is 0.0467. The average molecular weight is 232 g/mol. The monoisotopic (exact) mass is 232 g/mol. The summed E-state index contributed by atoms with van der Waals surface area (Å²) in [5, 5.41) is 0. The first-order chi connectivity index (χ1) is 8.35. The van der Waals surface area contributed by atoms with Crippen LogP contribution in [0.5, 0.6) is 5.75 Å². The van der Waals surface area contributed by atoms with Crippen LogP contribution in [-0.2, 0) is 4.79 Å². The maximum absolute atomic E-state index is 11.4. The zero-order chi connectivity index (χ0) is 12.1. The van der Waals surface area contributed by atoms with Gasteiger partial charge in [-0.1, -0.05) is 31.4 Å². The van der Waals surface area contributed by atoms with Crippen molar-refractivity contribution in [2.75, 3.05) is 7.11 Å². The molecule has 0 amide bonds. The second-order valence-corrected chi connectivity index (χ2v) is 4.84. The number of hydrogen-bond acceptors (Lipinski definition) is 2. The van der Waals surface area contributed by atoms with Gasteiger partial charge in [0, 0.05) is 5.92 Å². The van der Waals surface area contributed by atoms with Crippen LogP contribution < -0.4 is 4.74 Å². The van der Waals surface area contributed by atoms with E-state index in [2.05, 4.69) is 0 Å². The fourth-order valence-electron chi connectivity index (χ4n) is 2.80. The molecular formula is C15H20O2. The number of methoxy groups -OCH3 is 1. The Hall–Kier alpha value is -1.31. The smallest absolute Gasteiger partial charge is 0.127 e. The summed E-state index contributed by atoms with van der Waals surface area (Å²) in [4.78, 5) is 11.4. The van der Waals surface area contributed by atoms with Gasteiger partial charge in [0.1, 0.15) is 12.0 Å². The molecule has 17 heavy (non-hydrogen) atoms. The number of hydrogen-bond donors (Lipinski definition) is 0. The summed E-state index contributed by atoms with van der Waals surface area (Å²) in [6.07, 6.45) is 7.32. The van der Waals surface area contributed by atoms with Gasteiger partial charge < -0.3 is 9.53 Å². The van der Waals surface area contributed by atoms with E-state index < -0.39 is 0 Å². The molecule has 0 heterocycles. The third kappa shape index (κ3) is 2.87. The molecule has 92 valence electrons. The Kier molecular flexibility index (Phi) is 4.18. The molecule has 0 radical (unpaired) electrons. The van der Waals surface area contributed by atoms with E-state index in [1.807, 2.05) is 24.3 Å². The van der Waals surface area contributed by atoms with Crippen LogP contribution in [0.15, 0.2) is 24.3 Å². The van der Waals surface area contributed by atoms with E-state index in [9.17, 15) is 4.79 Å². The maximum atomic E-state index is 11.4. The zero-order valence-corrected chi connectivity index (χ0v) is 10.4. The van der Waals surface area contributed by atoms with Gasteiger partial charge in [-0.25, -0.2) is 0 Å². The highest BCUT2D eigenvalue weighted by molar-refractivity contribution is 5.63. The van der Waals surface area contributed by atoms with Gasteiger partial charge >= 0.3 is 0 Å². The summed E-state index contributed by atoms with van der Waals surface area (Å²) in [6.45, 7) is 0. The Labute approximate surface area is 103 Å². The first-order valence-corrected chi connectivity index (χ1v) is 6.44. The van der Waals surface area contributed by atoms with E-state index in [1.54, 1.807) is 7.11 Å². The molecule has 1 aliphatic rings. The van der Waals surface area contributed by atoms with Crippen molar-refractivity contribution in [2.24, 2.45) is 5.92 Å². The van der Waals surface area contributed by atoms with Gasteiger partial charge in [-0.15, -0.1) is 0 Å². The molecule has 2 rings (SSSR count). The van der Waals surface area contributed by atoms with Crippen molar-refractivity contribution in [3.8, 4) is 5.75 Å². The van der Waals surface area contributed by atoms with Crippen LogP contribution in [0, 0.1) is 5.92 Å². The van der Waals surface area contributed by atoms with E-state index in [4.69, 9.17) is 4.74 Å². The first-order valence-electron chi connectivity index (χ1n) is 6.44. The van der Waals surface area contributed by atoms with Gasteiger partial charge in [0.25, 0.3) is 0 Å². The molecule has 1 unspecified atom stereocenters. The van der Waals surface area contributed by atoms with Gasteiger partial charge in [-0.2, -0.15) is 0 Å². The van der Waals surface area contributed by atoms with Gasteiger partial charge in [0.15, 0.2) is 0 Å². The lowest BCUT2D eigenvalue weighted by molar-refractivity contribution is -0.110. The van der Waals surface area contributed by atoms with Gasteiger partial charge in [0.2, 0.25) is 0 Å². The fourth-order valence-corrected chi connectivity index (χ4v) is 2.80. The Morgan fingerprint density at radius 1 is 1.29 bits per heavy atom. The summed E-state index contributed by atoms with van der Waals surface area (Å²) in [5.41, 5.74) is 1.10. The largest absolute Gasteiger partial charge is 0.497 e. The maximum Gasteiger partial charge on any atom is 0.127 e. The summed E-state index contributed by atoms with van der Waals surface area (Å²) < 4.78 is 5.22. The highest BCUT2D eigenvalue weighted by atomic mass is 16.5. The fraction of sp³-hybridized carbons (Fsp3) is 0.533. The minimum absolute atomic E-state index is 0.0467. The van der Waals surface area contributed by atoms with Crippen LogP contribution in [0.4, 0.5) is 0 Å². The third-order valence-corrected chi connectivity index (χ3v) is 3.78. The van der Waals surface area contributed by atoms with Crippen molar-refractivity contribution >= 4 is 6.29 Å². The number of aldehydes is 1. The lowest BCUT2D eigenvalue weighted by Gasteiger charge is -2.27. The molecule has 1 aliphatic carbocycles. The van der Waals surface area contributed by atoms with Crippen LogP contribution in [0.25, 0.3) is 0 Å². The van der Waals surface area contributed by atoms with Crippen molar-refractivity contribution in [3.05, 3.63) is 29.8 Å². The van der Waals surface area contributed by atoms with E-state index in [0.717, 1.165) is 17.6 Å². The lowest BCUT2D eigenvalue weighted by atomic mass is 9.77. The van der Waals surface area contributed by atoms with E-state index in [1.165, 1.54) is 32.1 Å². The predicted octanol–water partition coefficient (Wildman–Crippen LogP) is 3.56. The molecule has 2 heteroatoms. The van der Waals surface area contributed by atoms with Crippen molar-refractivity contribution < 1.29 is 9.53 Å². The number of benzene rings is 1. The quantitative estimate of drug-likeness (QED) is 0.742. The Balaban J connectivity index is 2.18. The van der Waals surface area contributed by atoms with Crippen LogP contribution >= 0.6 is 0 Å². The first kappa shape index (κ1) is 12.2. The number of carbonyl (C=O) groups excluding carboxylic acids is 1. The van der Waals surface area contributed by atoms with Crippen molar-refractivity contribution in [3.63, 3.8) is 0 Å². The molecule has 0 aliphatic heterocycles. The second kappa shape index (κ2) is 5.85. The lowest BCUT2D eigenvalue weighted by Crippen LogP contribution is -2.17. The van der Waals surface area contributed by atoms with E-state index >= 15 is 0 Å². The molecular weight excluding hydrogens is 212 g/mol. The Bertz CT molecular complexity index is 367. The molecule has 1 aromatic rings. The van der Waals surface area contributed by atoms with Crippen LogP contribution in [0.1, 0.15) is 43.6 Å². The Morgan fingerprint density at radius 3 is 2.71 bits per heavy atom. The highest BCUT2D eigenvalue weighted by Gasteiger charge is 2.24. The molecule has 1 fully saturated rings. The van der Waals surface area contributed by atoms with Crippen molar-refractivity contribution in [1.82, 2.24) is 0 Å². The molecule has 0 spiro atoms. The molecule has 0 aromatic heterocycles. The second-order valence-electron chi connectivity index (χ2n) is 4.84. The third-order valence-electron chi connectivity index (χ3n) is 3.78. The van der Waals surface area contributed by atoms with Crippen LogP contribution in [-0.4, -0.2) is 13.4 Å².